The molecule has 188 valence electrons. The van der Waals surface area contributed by atoms with Crippen LogP contribution < -0.4 is 0 Å². The van der Waals surface area contributed by atoms with Gasteiger partial charge in [-0.2, -0.15) is 0 Å². The third-order valence-electron chi connectivity index (χ3n) is 8.95. The van der Waals surface area contributed by atoms with Crippen molar-refractivity contribution < 1.29 is 0 Å². The smallest absolute Gasteiger partial charge is 0.0735 e. The monoisotopic (exact) mass is 554 g/mol. The van der Waals surface area contributed by atoms with Crippen molar-refractivity contribution in [3.05, 3.63) is 130 Å². The van der Waals surface area contributed by atoms with Crippen LogP contribution in [0.5, 0.6) is 0 Å². The van der Waals surface area contributed by atoms with Gasteiger partial charge in [-0.15, -0.1) is 25.3 Å². The van der Waals surface area contributed by atoms with Gasteiger partial charge in [-0.25, -0.2) is 0 Å². The van der Waals surface area contributed by atoms with Crippen molar-refractivity contribution in [3.8, 4) is 11.1 Å². The molecular formula is C36H26S3. The second-order valence-corrected chi connectivity index (χ2v) is 12.6. The van der Waals surface area contributed by atoms with Gasteiger partial charge in [-0.1, -0.05) is 104 Å². The lowest BCUT2D eigenvalue weighted by Crippen LogP contribution is -2.32. The van der Waals surface area contributed by atoms with Gasteiger partial charge in [0.15, 0.2) is 0 Å². The average molecular weight is 555 g/mol. The number of benzene rings is 6. The van der Waals surface area contributed by atoms with E-state index in [1.54, 1.807) is 0 Å². The molecule has 0 fully saturated rings. The predicted molar refractivity (Wildman–Crippen MR) is 171 cm³/mol. The quantitative estimate of drug-likeness (QED) is 0.190. The lowest BCUT2D eigenvalue weighted by molar-refractivity contribution is 0.729. The van der Waals surface area contributed by atoms with E-state index in [0.29, 0.717) is 0 Å². The summed E-state index contributed by atoms with van der Waals surface area (Å²) in [6.07, 6.45) is 0.958. The summed E-state index contributed by atoms with van der Waals surface area (Å²) in [6.45, 7) is 4.41. The second kappa shape index (κ2) is 8.44. The van der Waals surface area contributed by atoms with Crippen LogP contribution in [-0.4, -0.2) is 0 Å². The van der Waals surface area contributed by atoms with Gasteiger partial charge in [-0.05, 0) is 91.5 Å². The molecule has 6 aromatic rings. The number of fused-ring (bicyclic) bond motifs is 13. The third-order valence-corrected chi connectivity index (χ3v) is 11.1. The molecule has 2 aliphatic rings. The Labute approximate surface area is 244 Å². The molecule has 1 heterocycles. The predicted octanol–water partition coefficient (Wildman–Crippen LogP) is 10.3. The fourth-order valence-corrected chi connectivity index (χ4v) is 9.18. The maximum absolute atomic E-state index is 4.84. The Morgan fingerprint density at radius 3 is 1.69 bits per heavy atom. The molecule has 0 amide bonds. The minimum absolute atomic E-state index is 0.384. The maximum Gasteiger partial charge on any atom is 0.0735 e. The lowest BCUT2D eigenvalue weighted by Gasteiger charge is -2.40. The highest BCUT2D eigenvalue weighted by atomic mass is 32.2. The molecule has 1 aliphatic carbocycles. The van der Waals surface area contributed by atoms with Gasteiger partial charge in [0, 0.05) is 19.6 Å². The molecule has 0 atom stereocenters. The maximum atomic E-state index is 4.84. The molecule has 3 heteroatoms. The molecule has 8 rings (SSSR count). The van der Waals surface area contributed by atoms with E-state index in [4.69, 9.17) is 25.3 Å². The van der Waals surface area contributed by atoms with Crippen LogP contribution in [0.2, 0.25) is 0 Å². The Balaban J connectivity index is 1.60. The molecular weight excluding hydrogens is 529 g/mol. The Bertz CT molecular complexity index is 1970. The fraction of sp³-hybridized carbons (Fsp3) is 0.111. The number of hydrogen-bond donors (Lipinski definition) is 2. The Kier molecular flexibility index (Phi) is 5.14. The largest absolute Gasteiger partial charge is 0.143 e. The first kappa shape index (κ1) is 23.7. The summed E-state index contributed by atoms with van der Waals surface area (Å²) in [6, 6.07) is 36.4. The molecule has 39 heavy (non-hydrogen) atoms. The van der Waals surface area contributed by atoms with E-state index in [0.717, 1.165) is 16.2 Å². The van der Waals surface area contributed by atoms with Crippen molar-refractivity contribution in [2.75, 3.05) is 0 Å². The van der Waals surface area contributed by atoms with E-state index in [2.05, 4.69) is 111 Å². The van der Waals surface area contributed by atoms with Crippen molar-refractivity contribution >= 4 is 58.6 Å². The summed E-state index contributed by atoms with van der Waals surface area (Å²) < 4.78 is 0. The van der Waals surface area contributed by atoms with E-state index in [-0.39, 0.29) is 5.41 Å². The lowest BCUT2D eigenvalue weighted by atomic mass is 9.66. The normalized spacial score (nSPS) is 14.4. The van der Waals surface area contributed by atoms with Crippen molar-refractivity contribution in [1.82, 2.24) is 0 Å². The Morgan fingerprint density at radius 2 is 1.08 bits per heavy atom. The van der Waals surface area contributed by atoms with Crippen LogP contribution in [0, 0.1) is 6.92 Å². The van der Waals surface area contributed by atoms with Crippen molar-refractivity contribution in [2.45, 2.75) is 45.3 Å². The molecule has 0 N–H and O–H groups in total. The van der Waals surface area contributed by atoms with Gasteiger partial charge in [-0.3, -0.25) is 0 Å². The van der Waals surface area contributed by atoms with Crippen LogP contribution in [0.1, 0.15) is 40.3 Å². The van der Waals surface area contributed by atoms with Gasteiger partial charge in [0.05, 0.1) is 5.41 Å². The topological polar surface area (TPSA) is 0 Å². The first-order chi connectivity index (χ1) is 19.1. The van der Waals surface area contributed by atoms with E-state index >= 15 is 0 Å². The molecule has 0 unspecified atom stereocenters. The van der Waals surface area contributed by atoms with Gasteiger partial charge >= 0.3 is 0 Å². The fourth-order valence-electron chi connectivity index (χ4n) is 7.19. The van der Waals surface area contributed by atoms with E-state index in [1.807, 2.05) is 11.8 Å². The van der Waals surface area contributed by atoms with Crippen LogP contribution in [0.15, 0.2) is 117 Å². The summed E-state index contributed by atoms with van der Waals surface area (Å²) in [5.74, 6) is 0. The van der Waals surface area contributed by atoms with Gasteiger partial charge in [0.2, 0.25) is 0 Å². The van der Waals surface area contributed by atoms with Crippen molar-refractivity contribution in [1.29, 1.82) is 0 Å². The van der Waals surface area contributed by atoms with E-state index in [9.17, 15) is 0 Å². The Hall–Kier alpha value is -3.11. The summed E-state index contributed by atoms with van der Waals surface area (Å²) in [5, 5.41) is 5.21. The zero-order chi connectivity index (χ0) is 26.5. The number of hydrogen-bond acceptors (Lipinski definition) is 3. The summed E-state index contributed by atoms with van der Waals surface area (Å²) >= 11 is 11.5. The van der Waals surface area contributed by atoms with Crippen LogP contribution >= 0.6 is 37.0 Å². The van der Waals surface area contributed by atoms with Crippen LogP contribution in [0.3, 0.4) is 0 Å². The molecule has 1 spiro atoms. The SMILES string of the molecule is CCc1c(S)ccc2c3c(ccc12)C1(c2ccccc2-c2ccccc21)c1ccc2c(C)c(S)ccc2c1S3. The first-order valence-electron chi connectivity index (χ1n) is 13.5. The van der Waals surface area contributed by atoms with Crippen LogP contribution in [0.4, 0.5) is 0 Å². The molecule has 0 aromatic heterocycles. The van der Waals surface area contributed by atoms with E-state index in [1.165, 1.54) is 75.8 Å². The summed E-state index contributed by atoms with van der Waals surface area (Å²) in [7, 11) is 0. The zero-order valence-corrected chi connectivity index (χ0v) is 24.4. The second-order valence-electron chi connectivity index (χ2n) is 10.6. The number of thiol groups is 2. The number of aryl methyl sites for hydroxylation is 2. The molecule has 0 radical (unpaired) electrons. The van der Waals surface area contributed by atoms with Gasteiger partial charge in [0.25, 0.3) is 0 Å². The highest BCUT2D eigenvalue weighted by molar-refractivity contribution is 8.00. The van der Waals surface area contributed by atoms with Crippen molar-refractivity contribution in [3.63, 3.8) is 0 Å². The van der Waals surface area contributed by atoms with Crippen molar-refractivity contribution in [2.24, 2.45) is 0 Å². The molecule has 1 aliphatic heterocycles. The average Bonchev–Trinajstić information content (AvgIpc) is 3.26. The molecule has 0 bridgehead atoms. The highest BCUT2D eigenvalue weighted by Gasteiger charge is 2.50. The van der Waals surface area contributed by atoms with Crippen LogP contribution in [0.25, 0.3) is 32.7 Å². The van der Waals surface area contributed by atoms with Crippen LogP contribution in [-0.2, 0) is 11.8 Å². The molecule has 0 nitrogen and oxygen atoms in total. The summed E-state index contributed by atoms with van der Waals surface area (Å²) in [5.41, 5.74) is 10.3. The third kappa shape index (κ3) is 2.96. The minimum Gasteiger partial charge on any atom is -0.143 e. The summed E-state index contributed by atoms with van der Waals surface area (Å²) in [4.78, 5) is 4.81. The molecule has 0 saturated heterocycles. The Morgan fingerprint density at radius 1 is 0.564 bits per heavy atom. The number of rotatable bonds is 1. The molecule has 6 aromatic carbocycles. The van der Waals surface area contributed by atoms with Gasteiger partial charge in [0.1, 0.15) is 0 Å². The van der Waals surface area contributed by atoms with E-state index < -0.39 is 0 Å². The highest BCUT2D eigenvalue weighted by Crippen LogP contribution is 2.64. The molecule has 0 saturated carbocycles. The standard InChI is InChI=1S/C36H26S3/c1-3-21-23-13-17-31-35(27(23)15-19-33(21)38)39-34-26-14-18-32(37)20(2)22(26)12-16-30(34)36(31)28-10-6-4-8-24(28)25-9-5-7-11-29(25)36/h4-19,37-38H,3H2,1-2H3. The van der Waals surface area contributed by atoms with Gasteiger partial charge < -0.3 is 0 Å². The zero-order valence-electron chi connectivity index (χ0n) is 21.7. The first-order valence-corrected chi connectivity index (χ1v) is 15.2. The minimum atomic E-state index is -0.384.